The summed E-state index contributed by atoms with van der Waals surface area (Å²) in [6.45, 7) is 9.46. The molecule has 85 heavy (non-hydrogen) atoms. The number of aliphatic hydroxyl groups is 1. The number of phosphoric acid groups is 2. The Morgan fingerprint density at radius 3 is 0.894 bits per heavy atom. The summed E-state index contributed by atoms with van der Waals surface area (Å²) in [6, 6.07) is 0. The van der Waals surface area contributed by atoms with E-state index < -0.39 is 97.5 Å². The molecule has 0 radical (unpaired) electrons. The number of unbranched alkanes of at least 4 members (excludes halogenated alkanes) is 34. The molecule has 3 N–H and O–H groups in total. The van der Waals surface area contributed by atoms with E-state index in [2.05, 4.69) is 41.5 Å². The van der Waals surface area contributed by atoms with Gasteiger partial charge in [0.1, 0.15) is 19.3 Å². The third kappa shape index (κ3) is 59.5. The summed E-state index contributed by atoms with van der Waals surface area (Å²) in [6.07, 6.45) is 41.9. The molecule has 0 saturated carbocycles. The molecule has 3 unspecified atom stereocenters. The van der Waals surface area contributed by atoms with E-state index in [1.165, 1.54) is 141 Å². The van der Waals surface area contributed by atoms with Crippen LogP contribution < -0.4 is 0 Å². The van der Waals surface area contributed by atoms with Crippen molar-refractivity contribution in [2.45, 2.75) is 349 Å². The number of ether oxygens (including phenoxy) is 4. The van der Waals surface area contributed by atoms with Gasteiger partial charge >= 0.3 is 39.5 Å². The molecule has 0 aromatic heterocycles. The topological polar surface area (TPSA) is 237 Å². The standard InChI is InChI=1S/C66H128O17P2/c1-7-10-12-14-15-16-17-20-27-32-38-44-50-65(70)82-61(54-76-63(68)48-42-34-13-11-8-2)56-80-84(72,73)78-52-60(67)53-79-85(74,75)81-57-62(83-66(71)51-45-39-33-28-21-18-19-24-29-35-40-46-58(4)5)55-77-64(69)49-43-37-31-26-23-22-25-30-36-41-47-59(6)9-3/h58-62,67H,7-57H2,1-6H3,(H,72,73)(H,74,75)/t59?,60-,61+,62+/m0/s1. The number of carbonyl (C=O) groups excluding carboxylic acids is 4. The van der Waals surface area contributed by atoms with E-state index >= 15 is 0 Å². The Bertz CT molecular complexity index is 1670. The Morgan fingerprint density at radius 2 is 0.600 bits per heavy atom. The fourth-order valence-corrected chi connectivity index (χ4v) is 11.4. The summed E-state index contributed by atoms with van der Waals surface area (Å²) >= 11 is 0. The van der Waals surface area contributed by atoms with Gasteiger partial charge in [0.2, 0.25) is 0 Å². The molecule has 0 saturated heterocycles. The molecule has 0 aliphatic rings. The van der Waals surface area contributed by atoms with E-state index in [9.17, 15) is 43.2 Å². The van der Waals surface area contributed by atoms with Gasteiger partial charge in [-0.25, -0.2) is 9.13 Å². The highest BCUT2D eigenvalue weighted by Crippen LogP contribution is 2.45. The van der Waals surface area contributed by atoms with Gasteiger partial charge in [-0.1, -0.05) is 279 Å². The van der Waals surface area contributed by atoms with Crippen LogP contribution in [-0.4, -0.2) is 96.7 Å². The van der Waals surface area contributed by atoms with Gasteiger partial charge in [-0.2, -0.15) is 0 Å². The number of esters is 4. The van der Waals surface area contributed by atoms with E-state index in [4.69, 9.17) is 37.0 Å². The van der Waals surface area contributed by atoms with Crippen LogP contribution in [-0.2, 0) is 65.4 Å². The molecule has 0 amide bonds. The summed E-state index contributed by atoms with van der Waals surface area (Å²) in [7, 11) is -9.88. The highest BCUT2D eigenvalue weighted by atomic mass is 31.2. The maximum atomic E-state index is 13.0. The molecule has 0 bridgehead atoms. The predicted molar refractivity (Wildman–Crippen MR) is 340 cm³/mol. The molecule has 19 heteroatoms. The molecule has 0 aromatic rings. The third-order valence-electron chi connectivity index (χ3n) is 15.6. The molecule has 0 aliphatic carbocycles. The number of aliphatic hydroxyl groups excluding tert-OH is 1. The molecule has 0 heterocycles. The maximum Gasteiger partial charge on any atom is 0.472 e. The molecule has 504 valence electrons. The van der Waals surface area contributed by atoms with Gasteiger partial charge < -0.3 is 33.8 Å². The fourth-order valence-electron chi connectivity index (χ4n) is 9.85. The smallest absolute Gasteiger partial charge is 0.462 e. The lowest BCUT2D eigenvalue weighted by atomic mass is 9.99. The number of rotatable bonds is 65. The second-order valence-electron chi connectivity index (χ2n) is 24.6. The lowest BCUT2D eigenvalue weighted by Gasteiger charge is -2.21. The zero-order chi connectivity index (χ0) is 62.9. The molecular weight excluding hydrogens is 1130 g/mol. The Balaban J connectivity index is 5.18. The van der Waals surface area contributed by atoms with Crippen molar-refractivity contribution in [3.05, 3.63) is 0 Å². The van der Waals surface area contributed by atoms with Gasteiger partial charge in [0.25, 0.3) is 0 Å². The maximum absolute atomic E-state index is 13.0. The van der Waals surface area contributed by atoms with Crippen LogP contribution in [0.2, 0.25) is 0 Å². The van der Waals surface area contributed by atoms with Crippen molar-refractivity contribution in [1.82, 2.24) is 0 Å². The quantitative estimate of drug-likeness (QED) is 0.0222. The minimum atomic E-state index is -4.95. The molecule has 6 atom stereocenters. The van der Waals surface area contributed by atoms with Gasteiger partial charge in [-0.15, -0.1) is 0 Å². The highest BCUT2D eigenvalue weighted by Gasteiger charge is 2.30. The number of carbonyl (C=O) groups is 4. The highest BCUT2D eigenvalue weighted by molar-refractivity contribution is 7.47. The lowest BCUT2D eigenvalue weighted by Crippen LogP contribution is -2.30. The van der Waals surface area contributed by atoms with Crippen molar-refractivity contribution in [2.75, 3.05) is 39.6 Å². The monoisotopic (exact) mass is 1250 g/mol. The predicted octanol–water partition coefficient (Wildman–Crippen LogP) is 18.4. The summed E-state index contributed by atoms with van der Waals surface area (Å²) in [5.41, 5.74) is 0. The molecule has 0 spiro atoms. The van der Waals surface area contributed by atoms with Crippen LogP contribution in [0.15, 0.2) is 0 Å². The number of hydrogen-bond donors (Lipinski definition) is 3. The minimum absolute atomic E-state index is 0.106. The van der Waals surface area contributed by atoms with Gasteiger partial charge in [-0.3, -0.25) is 37.3 Å². The SMILES string of the molecule is CCCCCCCCCCCCCCC(=O)O[C@H](COC(=O)CCCCCCC)COP(=O)(O)OC[C@H](O)COP(=O)(O)OC[C@@H](COC(=O)CCCCCCCCCCCCC(C)CC)OC(=O)CCCCCCCCCCCCCC(C)C. The summed E-state index contributed by atoms with van der Waals surface area (Å²) < 4.78 is 67.9. The third-order valence-corrected chi connectivity index (χ3v) is 17.5. The van der Waals surface area contributed by atoms with Gasteiger partial charge in [0.05, 0.1) is 26.4 Å². The molecule has 0 aliphatic heterocycles. The molecule has 0 aromatic carbocycles. The first-order valence-corrected chi connectivity index (χ1v) is 37.5. The molecule has 0 fully saturated rings. The Kier molecular flexibility index (Phi) is 57.1. The second-order valence-corrected chi connectivity index (χ2v) is 27.5. The lowest BCUT2D eigenvalue weighted by molar-refractivity contribution is -0.161. The van der Waals surface area contributed by atoms with E-state index in [0.29, 0.717) is 25.7 Å². The average Bonchev–Trinajstić information content (AvgIpc) is 3.47. The van der Waals surface area contributed by atoms with Gasteiger partial charge in [0, 0.05) is 25.7 Å². The van der Waals surface area contributed by atoms with Crippen LogP contribution in [0.4, 0.5) is 0 Å². The number of hydrogen-bond acceptors (Lipinski definition) is 15. The van der Waals surface area contributed by atoms with E-state index in [1.807, 2.05) is 0 Å². The summed E-state index contributed by atoms with van der Waals surface area (Å²) in [4.78, 5) is 72.1. The van der Waals surface area contributed by atoms with Gasteiger partial charge in [-0.05, 0) is 37.5 Å². The van der Waals surface area contributed by atoms with Crippen molar-refractivity contribution in [3.63, 3.8) is 0 Å². The van der Waals surface area contributed by atoms with Crippen molar-refractivity contribution >= 4 is 39.5 Å². The zero-order valence-electron chi connectivity index (χ0n) is 54.9. The largest absolute Gasteiger partial charge is 0.472 e. The Labute approximate surface area is 517 Å². The summed E-state index contributed by atoms with van der Waals surface area (Å²) in [5.74, 6) is -0.565. The van der Waals surface area contributed by atoms with E-state index in [-0.39, 0.29) is 25.7 Å². The van der Waals surface area contributed by atoms with Crippen LogP contribution in [0.25, 0.3) is 0 Å². The minimum Gasteiger partial charge on any atom is -0.462 e. The van der Waals surface area contributed by atoms with Crippen molar-refractivity contribution in [3.8, 4) is 0 Å². The van der Waals surface area contributed by atoms with Crippen LogP contribution in [0.3, 0.4) is 0 Å². The van der Waals surface area contributed by atoms with Crippen LogP contribution in [0.1, 0.15) is 330 Å². The first-order valence-electron chi connectivity index (χ1n) is 34.5. The van der Waals surface area contributed by atoms with E-state index in [1.54, 1.807) is 0 Å². The van der Waals surface area contributed by atoms with Crippen LogP contribution >= 0.6 is 15.6 Å². The Hall–Kier alpha value is -1.94. The normalized spacial score (nSPS) is 14.6. The molecular formula is C66H128O17P2. The van der Waals surface area contributed by atoms with Crippen LogP contribution in [0.5, 0.6) is 0 Å². The zero-order valence-corrected chi connectivity index (χ0v) is 56.7. The van der Waals surface area contributed by atoms with E-state index in [0.717, 1.165) is 108 Å². The van der Waals surface area contributed by atoms with Crippen molar-refractivity contribution in [1.29, 1.82) is 0 Å². The Morgan fingerprint density at radius 1 is 0.341 bits per heavy atom. The second kappa shape index (κ2) is 58.4. The average molecular weight is 1260 g/mol. The molecule has 0 rings (SSSR count). The fraction of sp³-hybridized carbons (Fsp3) is 0.939. The molecule has 17 nitrogen and oxygen atoms in total. The number of phosphoric ester groups is 2. The van der Waals surface area contributed by atoms with Crippen molar-refractivity contribution < 1.29 is 80.2 Å². The first kappa shape index (κ1) is 83.1. The summed E-state index contributed by atoms with van der Waals surface area (Å²) in [5, 5.41) is 10.5. The van der Waals surface area contributed by atoms with Crippen molar-refractivity contribution in [2.24, 2.45) is 11.8 Å². The van der Waals surface area contributed by atoms with Crippen LogP contribution in [0, 0.1) is 11.8 Å². The van der Waals surface area contributed by atoms with Gasteiger partial charge in [0.15, 0.2) is 12.2 Å². The first-order chi connectivity index (χ1) is 40.9.